The molecule has 1 atom stereocenters. The third kappa shape index (κ3) is 4.11. The van der Waals surface area contributed by atoms with E-state index in [0.717, 1.165) is 0 Å². The number of aromatic nitrogens is 2. The number of nitriles is 1. The second kappa shape index (κ2) is 7.70. The Balaban J connectivity index is 2.46. The van der Waals surface area contributed by atoms with Gasteiger partial charge in [-0.25, -0.2) is 0 Å². The summed E-state index contributed by atoms with van der Waals surface area (Å²) in [4.78, 5) is 11.8. The quantitative estimate of drug-likeness (QED) is 0.853. The van der Waals surface area contributed by atoms with Gasteiger partial charge in [-0.3, -0.25) is 9.48 Å². The summed E-state index contributed by atoms with van der Waals surface area (Å²) in [6.45, 7) is 2.78. The van der Waals surface area contributed by atoms with Gasteiger partial charge in [0.1, 0.15) is 5.78 Å². The summed E-state index contributed by atoms with van der Waals surface area (Å²) >= 11 is 0. The van der Waals surface area contributed by atoms with Crippen molar-refractivity contribution in [1.29, 1.82) is 5.26 Å². The molecule has 0 aliphatic carbocycles. The van der Waals surface area contributed by atoms with Crippen LogP contribution in [0.3, 0.4) is 0 Å². The van der Waals surface area contributed by atoms with Crippen molar-refractivity contribution < 1.29 is 23.1 Å². The van der Waals surface area contributed by atoms with Crippen LogP contribution in [0.25, 0.3) is 0 Å². The number of halogens is 3. The maximum atomic E-state index is 13.4. The SMILES string of the molecule is Cc1c(CC(=O)CCO)c(C(F)(F)F)nn1C(C)c1ccc(C#N)cc1. The first-order chi connectivity index (χ1) is 12.2. The number of hydrogen-bond acceptors (Lipinski definition) is 4. The number of nitrogens with zero attached hydrogens (tertiary/aromatic N) is 3. The molecule has 0 spiro atoms. The van der Waals surface area contributed by atoms with Gasteiger partial charge < -0.3 is 5.11 Å². The first kappa shape index (κ1) is 19.7. The molecule has 0 saturated carbocycles. The zero-order valence-electron chi connectivity index (χ0n) is 14.3. The molecular formula is C18H18F3N3O2. The Morgan fingerprint density at radius 2 is 1.96 bits per heavy atom. The summed E-state index contributed by atoms with van der Waals surface area (Å²) in [5.41, 5.74) is 0.139. The lowest BCUT2D eigenvalue weighted by Gasteiger charge is -2.15. The van der Waals surface area contributed by atoms with Crippen LogP contribution in [0.4, 0.5) is 13.2 Å². The molecule has 1 heterocycles. The first-order valence-corrected chi connectivity index (χ1v) is 7.96. The van der Waals surface area contributed by atoms with Gasteiger partial charge in [0.2, 0.25) is 0 Å². The van der Waals surface area contributed by atoms with E-state index in [9.17, 15) is 18.0 Å². The minimum Gasteiger partial charge on any atom is -0.396 e. The monoisotopic (exact) mass is 365 g/mol. The molecule has 1 aromatic carbocycles. The zero-order valence-corrected chi connectivity index (χ0v) is 14.3. The molecule has 0 aliphatic heterocycles. The van der Waals surface area contributed by atoms with Crippen molar-refractivity contribution in [2.24, 2.45) is 0 Å². The molecule has 26 heavy (non-hydrogen) atoms. The van der Waals surface area contributed by atoms with Gasteiger partial charge >= 0.3 is 6.18 Å². The summed E-state index contributed by atoms with van der Waals surface area (Å²) in [5.74, 6) is -0.480. The highest BCUT2D eigenvalue weighted by atomic mass is 19.4. The Bertz CT molecular complexity index is 833. The lowest BCUT2D eigenvalue weighted by Crippen LogP contribution is -2.13. The van der Waals surface area contributed by atoms with Gasteiger partial charge in [0.25, 0.3) is 0 Å². The number of ketones is 1. The van der Waals surface area contributed by atoms with Crippen molar-refractivity contribution in [2.45, 2.75) is 38.9 Å². The molecule has 8 heteroatoms. The van der Waals surface area contributed by atoms with Gasteiger partial charge in [-0.2, -0.15) is 23.5 Å². The van der Waals surface area contributed by atoms with E-state index < -0.39 is 36.7 Å². The van der Waals surface area contributed by atoms with Crippen LogP contribution in [0.5, 0.6) is 0 Å². The smallest absolute Gasteiger partial charge is 0.396 e. The minimum atomic E-state index is -4.69. The molecule has 0 bridgehead atoms. The van der Waals surface area contributed by atoms with Gasteiger partial charge in [-0.15, -0.1) is 0 Å². The Hall–Kier alpha value is -2.66. The molecule has 2 aromatic rings. The second-order valence-electron chi connectivity index (χ2n) is 5.95. The molecule has 0 saturated heterocycles. The molecule has 0 radical (unpaired) electrons. The third-order valence-corrected chi connectivity index (χ3v) is 4.20. The zero-order chi connectivity index (χ0) is 19.5. The van der Waals surface area contributed by atoms with E-state index in [1.807, 2.05) is 6.07 Å². The molecule has 0 fully saturated rings. The average Bonchev–Trinajstić information content (AvgIpc) is 2.91. The second-order valence-corrected chi connectivity index (χ2v) is 5.95. The van der Waals surface area contributed by atoms with E-state index >= 15 is 0 Å². The van der Waals surface area contributed by atoms with Crippen LogP contribution in [-0.2, 0) is 17.4 Å². The number of alkyl halides is 3. The van der Waals surface area contributed by atoms with Crippen LogP contribution in [0.1, 0.15) is 47.5 Å². The van der Waals surface area contributed by atoms with Gasteiger partial charge in [-0.05, 0) is 31.5 Å². The summed E-state index contributed by atoms with van der Waals surface area (Å²) in [6.07, 6.45) is -5.32. The van der Waals surface area contributed by atoms with E-state index in [-0.39, 0.29) is 17.7 Å². The molecule has 2 rings (SSSR count). The number of Topliss-reactive ketones (excluding diaryl/α,β-unsaturated/α-hetero) is 1. The van der Waals surface area contributed by atoms with Crippen LogP contribution >= 0.6 is 0 Å². The molecule has 1 N–H and O–H groups in total. The van der Waals surface area contributed by atoms with E-state index in [0.29, 0.717) is 11.1 Å². The number of carbonyl (C=O) groups excluding carboxylic acids is 1. The number of hydrogen-bond donors (Lipinski definition) is 1. The molecule has 138 valence electrons. The molecule has 5 nitrogen and oxygen atoms in total. The van der Waals surface area contributed by atoms with E-state index in [2.05, 4.69) is 5.10 Å². The fourth-order valence-corrected chi connectivity index (χ4v) is 2.76. The lowest BCUT2D eigenvalue weighted by atomic mass is 10.0. The third-order valence-electron chi connectivity index (χ3n) is 4.20. The fourth-order valence-electron chi connectivity index (χ4n) is 2.76. The van der Waals surface area contributed by atoms with Gasteiger partial charge in [0, 0.05) is 30.7 Å². The Morgan fingerprint density at radius 3 is 2.46 bits per heavy atom. The number of rotatable bonds is 6. The summed E-state index contributed by atoms with van der Waals surface area (Å²) < 4.78 is 41.4. The number of carbonyl (C=O) groups is 1. The van der Waals surface area contributed by atoms with Crippen molar-refractivity contribution >= 4 is 5.78 Å². The summed E-state index contributed by atoms with van der Waals surface area (Å²) in [7, 11) is 0. The molecular weight excluding hydrogens is 347 g/mol. The van der Waals surface area contributed by atoms with E-state index in [1.54, 1.807) is 31.2 Å². The van der Waals surface area contributed by atoms with Crippen LogP contribution in [0, 0.1) is 18.3 Å². The highest BCUT2D eigenvalue weighted by Crippen LogP contribution is 2.34. The summed E-state index contributed by atoms with van der Waals surface area (Å²) in [5, 5.41) is 21.4. The predicted molar refractivity (Wildman–Crippen MR) is 87.3 cm³/mol. The Morgan fingerprint density at radius 1 is 1.35 bits per heavy atom. The van der Waals surface area contributed by atoms with E-state index in [4.69, 9.17) is 10.4 Å². The normalized spacial score (nSPS) is 12.7. The maximum absolute atomic E-state index is 13.4. The van der Waals surface area contributed by atoms with Crippen molar-refractivity contribution in [3.05, 3.63) is 52.3 Å². The van der Waals surface area contributed by atoms with Crippen molar-refractivity contribution in [1.82, 2.24) is 9.78 Å². The van der Waals surface area contributed by atoms with E-state index in [1.165, 1.54) is 11.6 Å². The highest BCUT2D eigenvalue weighted by molar-refractivity contribution is 5.81. The van der Waals surface area contributed by atoms with Crippen LogP contribution in [0.2, 0.25) is 0 Å². The standard InChI is InChI=1S/C18H18F3N3O2/c1-11(14-5-3-13(10-22)4-6-14)24-12(2)16(9-15(26)7-8-25)17(23-24)18(19,20)21/h3-6,11,25H,7-9H2,1-2H3. The number of benzene rings is 1. The predicted octanol–water partition coefficient (Wildman–Crippen LogP) is 3.19. The minimum absolute atomic E-state index is 0.170. The Kier molecular flexibility index (Phi) is 5.83. The Labute approximate surface area is 148 Å². The van der Waals surface area contributed by atoms with Crippen molar-refractivity contribution in [2.75, 3.05) is 6.61 Å². The molecule has 0 amide bonds. The lowest BCUT2D eigenvalue weighted by molar-refractivity contribution is -0.142. The van der Waals surface area contributed by atoms with Crippen LogP contribution in [0.15, 0.2) is 24.3 Å². The molecule has 1 unspecified atom stereocenters. The molecule has 1 aromatic heterocycles. The maximum Gasteiger partial charge on any atom is 0.435 e. The van der Waals surface area contributed by atoms with Gasteiger partial charge in [-0.1, -0.05) is 12.1 Å². The topological polar surface area (TPSA) is 78.9 Å². The van der Waals surface area contributed by atoms with Crippen molar-refractivity contribution in [3.8, 4) is 6.07 Å². The van der Waals surface area contributed by atoms with Gasteiger partial charge in [0.05, 0.1) is 17.7 Å². The van der Waals surface area contributed by atoms with Crippen LogP contribution < -0.4 is 0 Å². The van der Waals surface area contributed by atoms with Gasteiger partial charge in [0.15, 0.2) is 5.69 Å². The fraction of sp³-hybridized carbons (Fsp3) is 0.389. The van der Waals surface area contributed by atoms with Crippen LogP contribution in [-0.4, -0.2) is 27.3 Å². The first-order valence-electron chi connectivity index (χ1n) is 7.96. The average molecular weight is 365 g/mol. The van der Waals surface area contributed by atoms with Crippen molar-refractivity contribution in [3.63, 3.8) is 0 Å². The number of aliphatic hydroxyl groups excluding tert-OH is 1. The summed E-state index contributed by atoms with van der Waals surface area (Å²) in [6, 6.07) is 7.96. The number of aliphatic hydroxyl groups is 1. The largest absolute Gasteiger partial charge is 0.435 e. The molecule has 0 aliphatic rings. The highest BCUT2D eigenvalue weighted by Gasteiger charge is 2.39.